The predicted octanol–water partition coefficient (Wildman–Crippen LogP) is 3.22. The molecule has 25 heavy (non-hydrogen) atoms. The van der Waals surface area contributed by atoms with Gasteiger partial charge in [0.15, 0.2) is 5.96 Å². The Balaban J connectivity index is 0.00000576. The third kappa shape index (κ3) is 9.30. The molecule has 0 bridgehead atoms. The standard InChI is InChI=1S/C18H29ClN4O.HI/c1-5-20-16(24)18(3,4)13-23-17(21-6-2)22-11-10-14-8-7-9-15(19)12-14;/h7-9,12H,5-6,10-11,13H2,1-4H3,(H,20,24)(H2,21,22,23);1H. The molecule has 1 rings (SSSR count). The van der Waals surface area contributed by atoms with Gasteiger partial charge in [-0.2, -0.15) is 0 Å². The van der Waals surface area contributed by atoms with Crippen LogP contribution in [0.4, 0.5) is 0 Å². The van der Waals surface area contributed by atoms with E-state index in [-0.39, 0.29) is 29.9 Å². The van der Waals surface area contributed by atoms with Crippen molar-refractivity contribution in [3.05, 3.63) is 34.9 Å². The lowest BCUT2D eigenvalue weighted by molar-refractivity contribution is -0.128. The summed E-state index contributed by atoms with van der Waals surface area (Å²) in [7, 11) is 0. The van der Waals surface area contributed by atoms with E-state index >= 15 is 0 Å². The van der Waals surface area contributed by atoms with Gasteiger partial charge in [-0.1, -0.05) is 23.7 Å². The largest absolute Gasteiger partial charge is 0.357 e. The maximum Gasteiger partial charge on any atom is 0.227 e. The van der Waals surface area contributed by atoms with Gasteiger partial charge < -0.3 is 16.0 Å². The Labute approximate surface area is 173 Å². The van der Waals surface area contributed by atoms with Crippen molar-refractivity contribution >= 4 is 47.4 Å². The third-order valence-electron chi connectivity index (χ3n) is 3.52. The molecule has 5 nitrogen and oxygen atoms in total. The molecule has 1 amide bonds. The molecule has 0 aliphatic rings. The van der Waals surface area contributed by atoms with E-state index in [2.05, 4.69) is 27.0 Å². The van der Waals surface area contributed by atoms with Crippen LogP contribution in [0.2, 0.25) is 5.02 Å². The van der Waals surface area contributed by atoms with Gasteiger partial charge >= 0.3 is 0 Å². The Morgan fingerprint density at radius 1 is 1.16 bits per heavy atom. The number of hydrogen-bond acceptors (Lipinski definition) is 2. The molecule has 142 valence electrons. The fourth-order valence-corrected chi connectivity index (χ4v) is 2.32. The topological polar surface area (TPSA) is 65.5 Å². The molecule has 0 saturated heterocycles. The lowest BCUT2D eigenvalue weighted by Gasteiger charge is -2.22. The number of amides is 1. The van der Waals surface area contributed by atoms with Crippen LogP contribution >= 0.6 is 35.6 Å². The SMILES string of the molecule is CCNC(=O)C(C)(C)CN=C(NCC)NCCc1cccc(Cl)c1.I. The number of guanidine groups is 1. The fraction of sp³-hybridized carbons (Fsp3) is 0.556. The van der Waals surface area contributed by atoms with Gasteiger partial charge in [-0.25, -0.2) is 0 Å². The molecule has 3 N–H and O–H groups in total. The summed E-state index contributed by atoms with van der Waals surface area (Å²) in [4.78, 5) is 16.6. The van der Waals surface area contributed by atoms with Crippen LogP contribution in [0.1, 0.15) is 33.3 Å². The van der Waals surface area contributed by atoms with Crippen molar-refractivity contribution in [2.75, 3.05) is 26.2 Å². The van der Waals surface area contributed by atoms with Crippen molar-refractivity contribution < 1.29 is 4.79 Å². The van der Waals surface area contributed by atoms with E-state index in [1.54, 1.807) is 0 Å². The van der Waals surface area contributed by atoms with Gasteiger partial charge in [0.1, 0.15) is 0 Å². The number of hydrogen-bond donors (Lipinski definition) is 3. The molecule has 0 aromatic heterocycles. The number of nitrogens with one attached hydrogen (secondary N) is 3. The smallest absolute Gasteiger partial charge is 0.227 e. The molecule has 0 heterocycles. The minimum Gasteiger partial charge on any atom is -0.357 e. The summed E-state index contributed by atoms with van der Waals surface area (Å²) < 4.78 is 0. The van der Waals surface area contributed by atoms with Crippen molar-refractivity contribution in [2.45, 2.75) is 34.1 Å². The van der Waals surface area contributed by atoms with E-state index in [0.29, 0.717) is 13.1 Å². The molecule has 0 radical (unpaired) electrons. The van der Waals surface area contributed by atoms with Crippen LogP contribution in [0.3, 0.4) is 0 Å². The lowest BCUT2D eigenvalue weighted by atomic mass is 9.92. The van der Waals surface area contributed by atoms with Crippen LogP contribution in [0.5, 0.6) is 0 Å². The Hall–Kier alpha value is -1.02. The third-order valence-corrected chi connectivity index (χ3v) is 3.76. The average Bonchev–Trinajstić information content (AvgIpc) is 2.53. The summed E-state index contributed by atoms with van der Waals surface area (Å²) in [6, 6.07) is 7.83. The average molecular weight is 481 g/mol. The van der Waals surface area contributed by atoms with Gasteiger partial charge in [0.05, 0.1) is 12.0 Å². The first-order valence-corrected chi connectivity index (χ1v) is 8.81. The molecule has 0 atom stereocenters. The van der Waals surface area contributed by atoms with Crippen LogP contribution < -0.4 is 16.0 Å². The second-order valence-corrected chi connectivity index (χ2v) is 6.68. The van der Waals surface area contributed by atoms with E-state index in [1.807, 2.05) is 45.9 Å². The number of carbonyl (C=O) groups excluding carboxylic acids is 1. The van der Waals surface area contributed by atoms with Gasteiger partial charge in [0.25, 0.3) is 0 Å². The molecule has 1 aromatic carbocycles. The molecule has 0 aliphatic carbocycles. The summed E-state index contributed by atoms with van der Waals surface area (Å²) in [6.07, 6.45) is 0.852. The number of nitrogens with zero attached hydrogens (tertiary/aromatic N) is 1. The number of rotatable bonds is 8. The molecular weight excluding hydrogens is 451 g/mol. The van der Waals surface area contributed by atoms with Gasteiger partial charge in [-0.15, -0.1) is 24.0 Å². The second kappa shape index (κ2) is 12.4. The van der Waals surface area contributed by atoms with Crippen molar-refractivity contribution in [3.8, 4) is 0 Å². The zero-order valence-electron chi connectivity index (χ0n) is 15.5. The Bertz CT molecular complexity index is 564. The van der Waals surface area contributed by atoms with Crippen LogP contribution in [0.15, 0.2) is 29.3 Å². The highest BCUT2D eigenvalue weighted by Crippen LogP contribution is 2.15. The number of carbonyl (C=O) groups is 1. The van der Waals surface area contributed by atoms with E-state index < -0.39 is 5.41 Å². The van der Waals surface area contributed by atoms with E-state index in [0.717, 1.165) is 30.5 Å². The Morgan fingerprint density at radius 2 is 1.84 bits per heavy atom. The Kier molecular flexibility index (Phi) is 11.8. The monoisotopic (exact) mass is 480 g/mol. The van der Waals surface area contributed by atoms with Gasteiger partial charge in [-0.05, 0) is 51.8 Å². The first-order chi connectivity index (χ1) is 11.4. The number of halogens is 2. The first kappa shape index (κ1) is 24.0. The molecule has 0 spiro atoms. The van der Waals surface area contributed by atoms with Gasteiger partial charge in [0, 0.05) is 24.7 Å². The highest BCUT2D eigenvalue weighted by molar-refractivity contribution is 14.0. The van der Waals surface area contributed by atoms with Crippen LogP contribution in [0, 0.1) is 5.41 Å². The minimum absolute atomic E-state index is 0. The normalized spacial score (nSPS) is 11.5. The Morgan fingerprint density at radius 3 is 2.44 bits per heavy atom. The van der Waals surface area contributed by atoms with Crippen LogP contribution in [0.25, 0.3) is 0 Å². The van der Waals surface area contributed by atoms with Crippen LogP contribution in [-0.2, 0) is 11.2 Å². The predicted molar refractivity (Wildman–Crippen MR) is 117 cm³/mol. The fourth-order valence-electron chi connectivity index (χ4n) is 2.11. The first-order valence-electron chi connectivity index (χ1n) is 8.44. The summed E-state index contributed by atoms with van der Waals surface area (Å²) in [5.41, 5.74) is 0.638. The van der Waals surface area contributed by atoms with Crippen molar-refractivity contribution in [1.29, 1.82) is 0 Å². The van der Waals surface area contributed by atoms with E-state index in [1.165, 1.54) is 5.56 Å². The zero-order valence-corrected chi connectivity index (χ0v) is 18.6. The van der Waals surface area contributed by atoms with Crippen molar-refractivity contribution in [2.24, 2.45) is 10.4 Å². The number of benzene rings is 1. The summed E-state index contributed by atoms with van der Waals surface area (Å²) >= 11 is 6.00. The molecule has 0 aliphatic heterocycles. The van der Waals surface area contributed by atoms with Gasteiger partial charge in [0.2, 0.25) is 5.91 Å². The molecule has 1 aromatic rings. The highest BCUT2D eigenvalue weighted by Gasteiger charge is 2.26. The van der Waals surface area contributed by atoms with Crippen LogP contribution in [-0.4, -0.2) is 38.0 Å². The highest BCUT2D eigenvalue weighted by atomic mass is 127. The number of aliphatic imine (C=N–C) groups is 1. The zero-order chi connectivity index (χ0) is 18.0. The van der Waals surface area contributed by atoms with Gasteiger partial charge in [-0.3, -0.25) is 9.79 Å². The second-order valence-electron chi connectivity index (χ2n) is 6.25. The van der Waals surface area contributed by atoms with Crippen molar-refractivity contribution in [3.63, 3.8) is 0 Å². The molecular formula is C18H30ClIN4O. The molecule has 0 fully saturated rings. The quantitative estimate of drug-likeness (QED) is 0.304. The maximum absolute atomic E-state index is 12.0. The summed E-state index contributed by atoms with van der Waals surface area (Å²) in [5, 5.41) is 10.1. The molecule has 0 saturated carbocycles. The minimum atomic E-state index is -0.536. The summed E-state index contributed by atoms with van der Waals surface area (Å²) in [5.74, 6) is 0.737. The maximum atomic E-state index is 12.0. The van der Waals surface area contributed by atoms with Crippen molar-refractivity contribution in [1.82, 2.24) is 16.0 Å². The lowest BCUT2D eigenvalue weighted by Crippen LogP contribution is -2.42. The summed E-state index contributed by atoms with van der Waals surface area (Å²) in [6.45, 7) is 10.3. The molecule has 7 heteroatoms. The molecule has 0 unspecified atom stereocenters. The van der Waals surface area contributed by atoms with E-state index in [4.69, 9.17) is 11.6 Å². The van der Waals surface area contributed by atoms with E-state index in [9.17, 15) is 4.79 Å².